The smallest absolute Gasteiger partial charge is 0.506 e. The number of nitrogens with one attached hydrogen (secondary N) is 1. The topological polar surface area (TPSA) is 89.4 Å². The molecule has 0 fully saturated rings. The Kier molecular flexibility index (Phi) is 7.92. The van der Waals surface area contributed by atoms with Gasteiger partial charge in [0, 0.05) is 17.0 Å². The number of aromatic hydroxyl groups is 1. The molecule has 0 spiro atoms. The molecular weight excluding hydrogens is 525 g/mol. The number of phenolic OH excluding ortho intramolecular Hbond substituents is 1. The van der Waals surface area contributed by atoms with Crippen LogP contribution in [0.3, 0.4) is 0 Å². The third-order valence-corrected chi connectivity index (χ3v) is 5.66. The molecule has 0 unspecified atom stereocenters. The van der Waals surface area contributed by atoms with E-state index in [1.807, 2.05) is 24.3 Å². The number of amides is 1. The lowest BCUT2D eigenvalue weighted by atomic mass is 10.0. The van der Waals surface area contributed by atoms with Crippen LogP contribution in [0.1, 0.15) is 21.5 Å². The summed E-state index contributed by atoms with van der Waals surface area (Å²) < 4.78 is 52.0. The monoisotopic (exact) mass is 544 g/mol. The van der Waals surface area contributed by atoms with Crippen molar-refractivity contribution in [3.63, 3.8) is 0 Å². The molecule has 7 nitrogen and oxygen atoms in total. The van der Waals surface area contributed by atoms with Crippen LogP contribution in [0.25, 0.3) is 10.8 Å². The third kappa shape index (κ3) is 6.46. The van der Waals surface area contributed by atoms with Gasteiger partial charge >= 0.3 is 6.36 Å². The summed E-state index contributed by atoms with van der Waals surface area (Å²) in [6.07, 6.45) is -3.28. The number of phenols is 1. The van der Waals surface area contributed by atoms with Gasteiger partial charge in [-0.3, -0.25) is 4.79 Å². The van der Waals surface area contributed by atoms with E-state index >= 15 is 0 Å². The average Bonchev–Trinajstić information content (AvgIpc) is 2.89. The second-order valence-electron chi connectivity index (χ2n) is 7.88. The van der Waals surface area contributed by atoms with Crippen LogP contribution in [0.15, 0.2) is 77.9 Å². The lowest BCUT2D eigenvalue weighted by Crippen LogP contribution is -2.18. The Morgan fingerprint density at radius 1 is 1.03 bits per heavy atom. The number of halogens is 4. The maximum Gasteiger partial charge on any atom is 0.573 e. The molecule has 0 bridgehead atoms. The van der Waals surface area contributed by atoms with E-state index in [9.17, 15) is 23.1 Å². The second-order valence-corrected chi connectivity index (χ2v) is 8.29. The number of ether oxygens (including phenoxy) is 3. The number of fused-ring (bicyclic) bond motifs is 1. The SMILES string of the molecule is COc1cc(O)c(Cl)cc1C(=O)N/N=C/c1ccc(OCc2ccc(OC(F)(F)F)cc2)c2ccccc12. The lowest BCUT2D eigenvalue weighted by Gasteiger charge is -2.12. The number of benzene rings is 4. The van der Waals surface area contributed by atoms with Crippen molar-refractivity contribution in [3.8, 4) is 23.0 Å². The third-order valence-electron chi connectivity index (χ3n) is 5.35. The van der Waals surface area contributed by atoms with Crippen LogP contribution in [0.5, 0.6) is 23.0 Å². The quantitative estimate of drug-likeness (QED) is 0.197. The average molecular weight is 545 g/mol. The standard InChI is InChI=1S/C27H20ClF3N2O5/c1-36-25-13-23(34)22(28)12-21(25)26(35)33-32-14-17-8-11-24(20-5-3-2-4-19(17)20)37-15-16-6-9-18(10-7-16)38-27(29,30)31/h2-14,34H,15H2,1H3,(H,33,35)/b32-14+. The van der Waals surface area contributed by atoms with Crippen LogP contribution in [-0.4, -0.2) is 30.7 Å². The highest BCUT2D eigenvalue weighted by Gasteiger charge is 2.30. The summed E-state index contributed by atoms with van der Waals surface area (Å²) in [4.78, 5) is 12.6. The number of carbonyl (C=O) groups excluding carboxylic acids is 1. The van der Waals surface area contributed by atoms with Crippen molar-refractivity contribution in [2.45, 2.75) is 13.0 Å². The molecule has 4 aromatic rings. The van der Waals surface area contributed by atoms with Crippen LogP contribution < -0.4 is 19.6 Å². The first-order valence-electron chi connectivity index (χ1n) is 11.0. The van der Waals surface area contributed by atoms with Gasteiger partial charge in [-0.25, -0.2) is 5.43 Å². The van der Waals surface area contributed by atoms with E-state index in [1.165, 1.54) is 49.7 Å². The summed E-state index contributed by atoms with van der Waals surface area (Å²) in [6, 6.07) is 18.8. The van der Waals surface area contributed by atoms with Crippen LogP contribution in [0, 0.1) is 0 Å². The van der Waals surface area contributed by atoms with Crippen molar-refractivity contribution in [2.75, 3.05) is 7.11 Å². The molecule has 11 heteroatoms. The summed E-state index contributed by atoms with van der Waals surface area (Å²) in [5, 5.41) is 15.3. The van der Waals surface area contributed by atoms with Gasteiger partial charge < -0.3 is 19.3 Å². The predicted molar refractivity (Wildman–Crippen MR) is 136 cm³/mol. The molecule has 0 atom stereocenters. The van der Waals surface area contributed by atoms with Gasteiger partial charge in [0.15, 0.2) is 0 Å². The summed E-state index contributed by atoms with van der Waals surface area (Å²) in [5.41, 5.74) is 3.85. The molecule has 38 heavy (non-hydrogen) atoms. The van der Waals surface area contributed by atoms with Crippen molar-refractivity contribution < 1.29 is 37.3 Å². The van der Waals surface area contributed by atoms with Gasteiger partial charge in [0.1, 0.15) is 29.6 Å². The minimum absolute atomic E-state index is 0.00732. The molecule has 0 aliphatic rings. The highest BCUT2D eigenvalue weighted by molar-refractivity contribution is 6.32. The van der Waals surface area contributed by atoms with E-state index in [0.717, 1.165) is 10.8 Å². The molecule has 196 valence electrons. The fraction of sp³-hybridized carbons (Fsp3) is 0.111. The van der Waals surface area contributed by atoms with Crippen LogP contribution in [-0.2, 0) is 6.61 Å². The van der Waals surface area contributed by atoms with E-state index in [1.54, 1.807) is 12.1 Å². The first-order valence-corrected chi connectivity index (χ1v) is 11.4. The molecule has 0 heterocycles. The Morgan fingerprint density at radius 3 is 2.42 bits per heavy atom. The van der Waals surface area contributed by atoms with Gasteiger partial charge in [-0.1, -0.05) is 48.0 Å². The van der Waals surface area contributed by atoms with Crippen LogP contribution in [0.4, 0.5) is 13.2 Å². The van der Waals surface area contributed by atoms with Crippen LogP contribution >= 0.6 is 11.6 Å². The summed E-state index contributed by atoms with van der Waals surface area (Å²) in [7, 11) is 1.36. The predicted octanol–water partition coefficient (Wildman–Crippen LogP) is 6.45. The molecule has 0 saturated heterocycles. The molecule has 0 aromatic heterocycles. The largest absolute Gasteiger partial charge is 0.573 e. The highest BCUT2D eigenvalue weighted by atomic mass is 35.5. The van der Waals surface area contributed by atoms with E-state index in [0.29, 0.717) is 16.9 Å². The number of hydrogen-bond donors (Lipinski definition) is 2. The first kappa shape index (κ1) is 26.6. The number of alkyl halides is 3. The highest BCUT2D eigenvalue weighted by Crippen LogP contribution is 2.32. The van der Waals surface area contributed by atoms with E-state index < -0.39 is 12.3 Å². The molecule has 0 radical (unpaired) electrons. The Bertz CT molecular complexity index is 1490. The number of carbonyl (C=O) groups is 1. The van der Waals surface area contributed by atoms with Crippen molar-refractivity contribution in [2.24, 2.45) is 5.10 Å². The van der Waals surface area contributed by atoms with Gasteiger partial charge in [-0.15, -0.1) is 13.2 Å². The number of rotatable bonds is 8. The number of hydrogen-bond acceptors (Lipinski definition) is 6. The maximum atomic E-state index is 12.6. The van der Waals surface area contributed by atoms with Gasteiger partial charge in [0.2, 0.25) is 0 Å². The second kappa shape index (κ2) is 11.3. The molecule has 0 saturated carbocycles. The molecule has 4 aromatic carbocycles. The van der Waals surface area contributed by atoms with E-state index in [2.05, 4.69) is 15.3 Å². The zero-order chi connectivity index (χ0) is 27.3. The van der Waals surface area contributed by atoms with Gasteiger partial charge in [-0.05, 0) is 41.3 Å². The molecule has 4 rings (SSSR count). The van der Waals surface area contributed by atoms with Gasteiger partial charge in [0.25, 0.3) is 5.91 Å². The van der Waals surface area contributed by atoms with Crippen molar-refractivity contribution in [1.82, 2.24) is 5.43 Å². The van der Waals surface area contributed by atoms with Gasteiger partial charge in [-0.2, -0.15) is 5.10 Å². The molecule has 2 N–H and O–H groups in total. The molecular formula is C27H20ClF3N2O5. The minimum atomic E-state index is -4.75. The normalized spacial score (nSPS) is 11.5. The zero-order valence-electron chi connectivity index (χ0n) is 19.8. The Labute approximate surface area is 220 Å². The van der Waals surface area contributed by atoms with Crippen LogP contribution in [0.2, 0.25) is 5.02 Å². The number of methoxy groups -OCH3 is 1. The molecule has 1 amide bonds. The number of hydrazone groups is 1. The summed E-state index contributed by atoms with van der Waals surface area (Å²) >= 11 is 5.91. The summed E-state index contributed by atoms with van der Waals surface area (Å²) in [6.45, 7) is 0.122. The van der Waals surface area contributed by atoms with E-state index in [-0.39, 0.29) is 34.4 Å². The fourth-order valence-electron chi connectivity index (χ4n) is 3.59. The molecule has 0 aliphatic carbocycles. The lowest BCUT2D eigenvalue weighted by molar-refractivity contribution is -0.274. The minimum Gasteiger partial charge on any atom is -0.506 e. The van der Waals surface area contributed by atoms with Crippen molar-refractivity contribution >= 4 is 34.5 Å². The zero-order valence-corrected chi connectivity index (χ0v) is 20.5. The maximum absolute atomic E-state index is 12.6. The summed E-state index contributed by atoms with van der Waals surface area (Å²) in [5.74, 6) is -0.426. The molecule has 0 aliphatic heterocycles. The van der Waals surface area contributed by atoms with Crippen molar-refractivity contribution in [3.05, 3.63) is 94.5 Å². The fourth-order valence-corrected chi connectivity index (χ4v) is 3.75. The Hall–Kier alpha value is -4.44. The Morgan fingerprint density at radius 2 is 1.74 bits per heavy atom. The first-order chi connectivity index (χ1) is 18.1. The van der Waals surface area contributed by atoms with Gasteiger partial charge in [0.05, 0.1) is 23.9 Å². The Balaban J connectivity index is 1.47. The number of nitrogens with zero attached hydrogens (tertiary/aromatic N) is 1. The van der Waals surface area contributed by atoms with Crippen molar-refractivity contribution in [1.29, 1.82) is 0 Å². The van der Waals surface area contributed by atoms with E-state index in [4.69, 9.17) is 21.1 Å².